The van der Waals surface area contributed by atoms with Gasteiger partial charge < -0.3 is 14.5 Å². The number of fused-ring (bicyclic) bond motifs is 1. The van der Waals surface area contributed by atoms with Gasteiger partial charge in [0.05, 0.1) is 18.3 Å². The molecule has 4 rings (SSSR count). The van der Waals surface area contributed by atoms with Crippen LogP contribution >= 0.6 is 11.6 Å². The molecule has 0 amide bonds. The molecule has 2 aromatic heterocycles. The zero-order chi connectivity index (χ0) is 18.8. The standard InChI is InChI=1S/C19H15ClN4O3/c1-26-18-23-24(19(25)27-18)15-8-6-14(7-9-15)21-11-13-10-12-4-2-3-5-16(12)22-17(13)20/h2-10,21H,11H2,1H3. The fourth-order valence-electron chi connectivity index (χ4n) is 2.68. The molecule has 0 radical (unpaired) electrons. The SMILES string of the molecule is COc1nn(-c2ccc(NCc3cc4ccccc4nc3Cl)cc2)c(=O)o1. The van der Waals surface area contributed by atoms with Crippen molar-refractivity contribution in [3.63, 3.8) is 0 Å². The number of aromatic nitrogens is 3. The summed E-state index contributed by atoms with van der Waals surface area (Å²) in [5.74, 6) is -0.610. The number of pyridine rings is 1. The van der Waals surface area contributed by atoms with Gasteiger partial charge >= 0.3 is 11.8 Å². The van der Waals surface area contributed by atoms with Gasteiger partial charge in [0.1, 0.15) is 5.15 Å². The molecular formula is C19H15ClN4O3. The summed E-state index contributed by atoms with van der Waals surface area (Å²) < 4.78 is 10.8. The van der Waals surface area contributed by atoms with E-state index >= 15 is 0 Å². The van der Waals surface area contributed by atoms with Crippen molar-refractivity contribution >= 4 is 28.2 Å². The molecule has 136 valence electrons. The van der Waals surface area contributed by atoms with E-state index in [4.69, 9.17) is 20.8 Å². The van der Waals surface area contributed by atoms with Crippen LogP contribution in [-0.4, -0.2) is 21.9 Å². The molecule has 2 aromatic carbocycles. The van der Waals surface area contributed by atoms with E-state index in [1.54, 1.807) is 12.1 Å². The number of benzene rings is 2. The average molecular weight is 383 g/mol. The Bertz CT molecular complexity index is 1150. The Balaban J connectivity index is 1.51. The van der Waals surface area contributed by atoms with Crippen molar-refractivity contribution in [1.82, 2.24) is 14.8 Å². The second kappa shape index (κ2) is 7.13. The van der Waals surface area contributed by atoms with Crippen LogP contribution < -0.4 is 15.8 Å². The largest absolute Gasteiger partial charge is 0.452 e. The molecule has 0 unspecified atom stereocenters. The number of rotatable bonds is 5. The molecule has 0 fully saturated rings. The highest BCUT2D eigenvalue weighted by atomic mass is 35.5. The number of methoxy groups -OCH3 is 1. The first-order valence-corrected chi connectivity index (χ1v) is 8.54. The number of nitrogens with one attached hydrogen (secondary N) is 1. The highest BCUT2D eigenvalue weighted by molar-refractivity contribution is 6.30. The number of nitrogens with zero attached hydrogens (tertiary/aromatic N) is 3. The summed E-state index contributed by atoms with van der Waals surface area (Å²) in [6.07, 6.45) is -0.0827. The van der Waals surface area contributed by atoms with E-state index in [-0.39, 0.29) is 6.08 Å². The van der Waals surface area contributed by atoms with Crippen molar-refractivity contribution in [2.45, 2.75) is 6.54 Å². The molecule has 1 N–H and O–H groups in total. The molecule has 0 aliphatic heterocycles. The van der Waals surface area contributed by atoms with Crippen molar-refractivity contribution in [1.29, 1.82) is 0 Å². The maximum atomic E-state index is 11.8. The molecule has 0 saturated carbocycles. The number of ether oxygens (including phenoxy) is 1. The number of para-hydroxylation sites is 1. The molecule has 0 aliphatic carbocycles. The lowest BCUT2D eigenvalue weighted by Gasteiger charge is -2.09. The summed E-state index contributed by atoms with van der Waals surface area (Å²) in [6, 6.07) is 17.0. The minimum atomic E-state index is -0.610. The third kappa shape index (κ3) is 3.50. The monoisotopic (exact) mass is 382 g/mol. The van der Waals surface area contributed by atoms with Crippen molar-refractivity contribution in [2.75, 3.05) is 12.4 Å². The van der Waals surface area contributed by atoms with Crippen LogP contribution in [0.1, 0.15) is 5.56 Å². The van der Waals surface area contributed by atoms with Gasteiger partial charge in [-0.25, -0.2) is 9.78 Å². The first-order chi connectivity index (χ1) is 13.1. The molecule has 2 heterocycles. The van der Waals surface area contributed by atoms with E-state index in [0.717, 1.165) is 26.8 Å². The summed E-state index contributed by atoms with van der Waals surface area (Å²) >= 11 is 6.29. The highest BCUT2D eigenvalue weighted by Crippen LogP contribution is 2.22. The molecule has 8 heteroatoms. The third-order valence-corrected chi connectivity index (χ3v) is 4.38. The fraction of sp³-hybridized carbons (Fsp3) is 0.105. The van der Waals surface area contributed by atoms with Gasteiger partial charge in [-0.3, -0.25) is 0 Å². The Hall–Kier alpha value is -3.32. The minimum absolute atomic E-state index is 0.0827. The van der Waals surface area contributed by atoms with Crippen molar-refractivity contribution in [3.05, 3.63) is 75.9 Å². The lowest BCUT2D eigenvalue weighted by Crippen LogP contribution is -2.13. The zero-order valence-electron chi connectivity index (χ0n) is 14.3. The summed E-state index contributed by atoms with van der Waals surface area (Å²) in [5, 5.41) is 8.73. The number of anilines is 1. The normalized spacial score (nSPS) is 10.9. The van der Waals surface area contributed by atoms with Gasteiger partial charge in [-0.2, -0.15) is 4.68 Å². The molecule has 7 nitrogen and oxygen atoms in total. The van der Waals surface area contributed by atoms with Crippen LogP contribution in [0.3, 0.4) is 0 Å². The van der Waals surface area contributed by atoms with Crippen LogP contribution in [0.2, 0.25) is 5.15 Å². The number of hydrogen-bond acceptors (Lipinski definition) is 6. The summed E-state index contributed by atoms with van der Waals surface area (Å²) in [7, 11) is 1.38. The Morgan fingerprint density at radius 2 is 1.96 bits per heavy atom. The molecular weight excluding hydrogens is 368 g/mol. The van der Waals surface area contributed by atoms with E-state index < -0.39 is 5.76 Å². The van der Waals surface area contributed by atoms with Crippen molar-refractivity contribution in [3.8, 4) is 11.8 Å². The lowest BCUT2D eigenvalue weighted by molar-refractivity contribution is 0.282. The minimum Gasteiger partial charge on any atom is -0.452 e. The van der Waals surface area contributed by atoms with Crippen LogP contribution in [0.5, 0.6) is 6.08 Å². The molecule has 0 aliphatic rings. The van der Waals surface area contributed by atoms with E-state index in [1.807, 2.05) is 42.5 Å². The quantitative estimate of drug-likeness (QED) is 0.530. The van der Waals surface area contributed by atoms with E-state index in [1.165, 1.54) is 7.11 Å². The van der Waals surface area contributed by atoms with Crippen molar-refractivity contribution < 1.29 is 9.15 Å². The Kier molecular flexibility index (Phi) is 4.52. The fourth-order valence-corrected chi connectivity index (χ4v) is 2.90. The Morgan fingerprint density at radius 1 is 1.19 bits per heavy atom. The molecule has 0 spiro atoms. The van der Waals surface area contributed by atoms with Gasteiger partial charge in [0.2, 0.25) is 0 Å². The first kappa shape index (κ1) is 17.1. The second-order valence-electron chi connectivity index (χ2n) is 5.78. The zero-order valence-corrected chi connectivity index (χ0v) is 15.1. The lowest BCUT2D eigenvalue weighted by atomic mass is 10.1. The number of halogens is 1. The van der Waals surface area contributed by atoms with Crippen molar-refractivity contribution in [2.24, 2.45) is 0 Å². The number of hydrogen-bond donors (Lipinski definition) is 1. The molecule has 0 bridgehead atoms. The molecule has 0 saturated heterocycles. The third-order valence-electron chi connectivity index (χ3n) is 4.05. The van der Waals surface area contributed by atoms with E-state index in [2.05, 4.69) is 15.4 Å². The van der Waals surface area contributed by atoms with Gasteiger partial charge in [0, 0.05) is 23.2 Å². The van der Waals surface area contributed by atoms with Gasteiger partial charge in [0.15, 0.2) is 0 Å². The van der Waals surface area contributed by atoms with Crippen LogP contribution in [0.15, 0.2) is 63.8 Å². The van der Waals surface area contributed by atoms with Crippen LogP contribution in [0.4, 0.5) is 5.69 Å². The van der Waals surface area contributed by atoms with E-state index in [0.29, 0.717) is 17.4 Å². The van der Waals surface area contributed by atoms with Gasteiger partial charge in [-0.05, 0) is 36.4 Å². The highest BCUT2D eigenvalue weighted by Gasteiger charge is 2.10. The van der Waals surface area contributed by atoms with Crippen LogP contribution in [-0.2, 0) is 6.54 Å². The molecule has 0 atom stereocenters. The Labute approximate surface area is 159 Å². The van der Waals surface area contributed by atoms with Gasteiger partial charge in [-0.1, -0.05) is 34.9 Å². The second-order valence-corrected chi connectivity index (χ2v) is 6.14. The maximum absolute atomic E-state index is 11.8. The topological polar surface area (TPSA) is 82.2 Å². The summed E-state index contributed by atoms with van der Waals surface area (Å²) in [6.45, 7) is 0.522. The maximum Gasteiger partial charge on any atom is 0.444 e. The predicted octanol–water partition coefficient (Wildman–Crippen LogP) is 3.65. The molecule has 27 heavy (non-hydrogen) atoms. The predicted molar refractivity (Wildman–Crippen MR) is 103 cm³/mol. The Morgan fingerprint density at radius 3 is 2.70 bits per heavy atom. The average Bonchev–Trinajstić information content (AvgIpc) is 3.07. The molecule has 4 aromatic rings. The van der Waals surface area contributed by atoms with E-state index in [9.17, 15) is 4.79 Å². The first-order valence-electron chi connectivity index (χ1n) is 8.16. The van der Waals surface area contributed by atoms with Gasteiger partial charge in [-0.15, -0.1) is 0 Å². The van der Waals surface area contributed by atoms with Crippen LogP contribution in [0.25, 0.3) is 16.6 Å². The van der Waals surface area contributed by atoms with Crippen LogP contribution in [0, 0.1) is 0 Å². The smallest absolute Gasteiger partial charge is 0.444 e. The summed E-state index contributed by atoms with van der Waals surface area (Å²) in [4.78, 5) is 16.2. The van der Waals surface area contributed by atoms with Gasteiger partial charge in [0.25, 0.3) is 0 Å². The summed E-state index contributed by atoms with van der Waals surface area (Å²) in [5.41, 5.74) is 3.20.